The van der Waals surface area contributed by atoms with Gasteiger partial charge in [0, 0.05) is 16.7 Å². The van der Waals surface area contributed by atoms with Crippen molar-refractivity contribution in [3.05, 3.63) is 29.3 Å². The van der Waals surface area contributed by atoms with E-state index in [9.17, 15) is 4.79 Å². The van der Waals surface area contributed by atoms with Crippen LogP contribution in [0.5, 0.6) is 5.75 Å². The normalized spacial score (nSPS) is 16.7. The number of nitrogens with zero attached hydrogens (tertiary/aromatic N) is 1. The minimum Gasteiger partial charge on any atom is -0.496 e. The Balaban J connectivity index is 0.00000192. The summed E-state index contributed by atoms with van der Waals surface area (Å²) >= 11 is 6.03. The summed E-state index contributed by atoms with van der Waals surface area (Å²) in [6.07, 6.45) is 1.87. The lowest BCUT2D eigenvalue weighted by Crippen LogP contribution is -2.35. The topological polar surface area (TPSA) is 79.0 Å². The third kappa shape index (κ3) is 3.96. The van der Waals surface area contributed by atoms with Gasteiger partial charge in [0.25, 0.3) is 0 Å². The summed E-state index contributed by atoms with van der Waals surface area (Å²) in [5.41, 5.74) is 1.52. The molecule has 1 unspecified atom stereocenters. The average Bonchev–Trinajstić information content (AvgIpc) is 3.18. The van der Waals surface area contributed by atoms with Crippen LogP contribution in [-0.2, 0) is 4.79 Å². The summed E-state index contributed by atoms with van der Waals surface area (Å²) < 4.78 is 5.32. The highest BCUT2D eigenvalue weighted by Crippen LogP contribution is 2.32. The number of carbonyl (C=O) groups is 1. The molecule has 1 saturated heterocycles. The van der Waals surface area contributed by atoms with Crippen LogP contribution >= 0.6 is 24.0 Å². The molecule has 8 heteroatoms. The molecule has 1 aliphatic rings. The maximum absolute atomic E-state index is 12.1. The molecule has 0 saturated carbocycles. The second-order valence-corrected chi connectivity index (χ2v) is 5.59. The maximum Gasteiger partial charge on any atom is 0.242 e. The third-order valence-corrected chi connectivity index (χ3v) is 3.89. The fraction of sp³-hybridized carbons (Fsp3) is 0.333. The number of rotatable bonds is 4. The molecule has 1 fully saturated rings. The average molecular weight is 357 g/mol. The highest BCUT2D eigenvalue weighted by Gasteiger charge is 2.22. The molecule has 0 spiro atoms. The molecular weight excluding hydrogens is 339 g/mol. The predicted molar refractivity (Wildman–Crippen MR) is 92.5 cm³/mol. The van der Waals surface area contributed by atoms with Gasteiger partial charge < -0.3 is 15.4 Å². The van der Waals surface area contributed by atoms with Crippen molar-refractivity contribution in [3.8, 4) is 17.0 Å². The van der Waals surface area contributed by atoms with Crippen LogP contribution in [-0.4, -0.2) is 35.8 Å². The number of nitrogens with one attached hydrogen (secondary N) is 3. The number of aromatic nitrogens is 2. The van der Waals surface area contributed by atoms with E-state index in [4.69, 9.17) is 16.3 Å². The third-order valence-electron chi connectivity index (χ3n) is 3.66. The van der Waals surface area contributed by atoms with Gasteiger partial charge in [0.1, 0.15) is 5.75 Å². The lowest BCUT2D eigenvalue weighted by Gasteiger charge is -2.08. The molecule has 1 amide bonds. The number of halogens is 2. The molecule has 6 nitrogen and oxygen atoms in total. The van der Waals surface area contributed by atoms with E-state index in [-0.39, 0.29) is 24.4 Å². The number of hydrogen-bond donors (Lipinski definition) is 3. The molecule has 2 heterocycles. The van der Waals surface area contributed by atoms with Gasteiger partial charge >= 0.3 is 0 Å². The van der Waals surface area contributed by atoms with Crippen LogP contribution in [0.1, 0.15) is 12.8 Å². The minimum atomic E-state index is -0.138. The molecular formula is C15H18Cl2N4O2. The first-order chi connectivity index (χ1) is 10.7. The van der Waals surface area contributed by atoms with Crippen LogP contribution in [0.15, 0.2) is 24.3 Å². The molecule has 2 aromatic rings. The number of hydrogen-bond acceptors (Lipinski definition) is 4. The van der Waals surface area contributed by atoms with Crippen molar-refractivity contribution in [2.24, 2.45) is 0 Å². The number of carbonyl (C=O) groups excluding carboxylic acids is 1. The highest BCUT2D eigenvalue weighted by molar-refractivity contribution is 6.31. The number of ether oxygens (including phenoxy) is 1. The van der Waals surface area contributed by atoms with Gasteiger partial charge in [-0.25, -0.2) is 0 Å². The second-order valence-electron chi connectivity index (χ2n) is 5.15. The molecule has 1 aromatic carbocycles. The standard InChI is InChI=1S/C15H17ClN4O2.ClH/c1-22-13-5-4-9(16)7-10(13)12-8-14(20-19-12)18-15(21)11-3-2-6-17-11;/h4-5,7-8,11,17H,2-3,6H2,1H3,(H2,18,19,20,21);1H. The van der Waals surface area contributed by atoms with Crippen molar-refractivity contribution in [3.63, 3.8) is 0 Å². The van der Waals surface area contributed by atoms with E-state index in [0.29, 0.717) is 16.6 Å². The first-order valence-electron chi connectivity index (χ1n) is 7.11. The van der Waals surface area contributed by atoms with E-state index < -0.39 is 0 Å². The number of amides is 1. The van der Waals surface area contributed by atoms with Gasteiger partial charge in [-0.05, 0) is 37.6 Å². The zero-order chi connectivity index (χ0) is 15.5. The number of anilines is 1. The van der Waals surface area contributed by atoms with Gasteiger partial charge in [0.2, 0.25) is 5.91 Å². The van der Waals surface area contributed by atoms with Crippen molar-refractivity contribution in [2.75, 3.05) is 19.0 Å². The second kappa shape index (κ2) is 7.68. The largest absolute Gasteiger partial charge is 0.496 e. The SMILES string of the molecule is COc1ccc(Cl)cc1-c1cc(NC(=O)C2CCCN2)n[nH]1.Cl. The Hall–Kier alpha value is -1.76. The molecule has 0 bridgehead atoms. The Labute approximate surface area is 145 Å². The number of H-pyrrole nitrogens is 1. The zero-order valence-corrected chi connectivity index (χ0v) is 14.1. The fourth-order valence-electron chi connectivity index (χ4n) is 2.54. The number of methoxy groups -OCH3 is 1. The molecule has 124 valence electrons. The molecule has 0 radical (unpaired) electrons. The summed E-state index contributed by atoms with van der Waals surface area (Å²) in [4.78, 5) is 12.1. The summed E-state index contributed by atoms with van der Waals surface area (Å²) in [6.45, 7) is 0.879. The van der Waals surface area contributed by atoms with E-state index in [1.54, 1.807) is 31.4 Å². The monoisotopic (exact) mass is 356 g/mol. The quantitative estimate of drug-likeness (QED) is 0.786. The molecule has 0 aliphatic carbocycles. The Kier molecular flexibility index (Phi) is 5.87. The molecule has 1 aromatic heterocycles. The van der Waals surface area contributed by atoms with Crippen molar-refractivity contribution in [2.45, 2.75) is 18.9 Å². The lowest BCUT2D eigenvalue weighted by molar-refractivity contribution is -0.117. The van der Waals surface area contributed by atoms with Crippen molar-refractivity contribution in [1.82, 2.24) is 15.5 Å². The van der Waals surface area contributed by atoms with Crippen molar-refractivity contribution in [1.29, 1.82) is 0 Å². The van der Waals surface area contributed by atoms with E-state index >= 15 is 0 Å². The van der Waals surface area contributed by atoms with E-state index in [0.717, 1.165) is 30.6 Å². The Morgan fingerprint density at radius 2 is 2.26 bits per heavy atom. The lowest BCUT2D eigenvalue weighted by atomic mass is 10.1. The molecule has 23 heavy (non-hydrogen) atoms. The molecule has 3 rings (SSSR count). The summed E-state index contributed by atoms with van der Waals surface area (Å²) in [6, 6.07) is 6.97. The molecule has 1 atom stereocenters. The first kappa shape index (κ1) is 17.6. The number of aromatic amines is 1. The minimum absolute atomic E-state index is 0. The Morgan fingerprint density at radius 3 is 2.96 bits per heavy atom. The molecule has 3 N–H and O–H groups in total. The van der Waals surface area contributed by atoms with E-state index in [2.05, 4.69) is 20.8 Å². The zero-order valence-electron chi connectivity index (χ0n) is 12.6. The van der Waals surface area contributed by atoms with Crippen LogP contribution in [0.25, 0.3) is 11.3 Å². The van der Waals surface area contributed by atoms with Crippen LogP contribution in [0.3, 0.4) is 0 Å². The van der Waals surface area contributed by atoms with Crippen molar-refractivity contribution >= 4 is 35.7 Å². The van der Waals surface area contributed by atoms with Crippen LogP contribution in [0, 0.1) is 0 Å². The van der Waals surface area contributed by atoms with Gasteiger partial charge in [-0.1, -0.05) is 11.6 Å². The smallest absolute Gasteiger partial charge is 0.242 e. The van der Waals surface area contributed by atoms with Crippen LogP contribution in [0.4, 0.5) is 5.82 Å². The maximum atomic E-state index is 12.1. The summed E-state index contributed by atoms with van der Waals surface area (Å²) in [5, 5.41) is 13.6. The number of benzene rings is 1. The van der Waals surface area contributed by atoms with Crippen LogP contribution < -0.4 is 15.4 Å². The van der Waals surface area contributed by atoms with Crippen molar-refractivity contribution < 1.29 is 9.53 Å². The van der Waals surface area contributed by atoms with Gasteiger partial charge in [-0.15, -0.1) is 12.4 Å². The van der Waals surface area contributed by atoms with Gasteiger partial charge in [0.15, 0.2) is 5.82 Å². The Morgan fingerprint density at radius 1 is 1.43 bits per heavy atom. The highest BCUT2D eigenvalue weighted by atomic mass is 35.5. The van der Waals surface area contributed by atoms with Crippen LogP contribution in [0.2, 0.25) is 5.02 Å². The molecule has 1 aliphatic heterocycles. The Bertz CT molecular complexity index is 684. The first-order valence-corrected chi connectivity index (χ1v) is 7.49. The predicted octanol–water partition coefficient (Wildman–Crippen LogP) is 2.85. The van der Waals surface area contributed by atoms with Gasteiger partial charge in [0.05, 0.1) is 18.8 Å². The van der Waals surface area contributed by atoms with Gasteiger partial charge in [-0.2, -0.15) is 5.10 Å². The summed E-state index contributed by atoms with van der Waals surface area (Å²) in [5.74, 6) is 1.10. The fourth-order valence-corrected chi connectivity index (χ4v) is 2.71. The summed E-state index contributed by atoms with van der Waals surface area (Å²) in [7, 11) is 1.59. The van der Waals surface area contributed by atoms with Gasteiger partial charge in [-0.3, -0.25) is 9.89 Å². The van der Waals surface area contributed by atoms with E-state index in [1.165, 1.54) is 0 Å². The van der Waals surface area contributed by atoms with E-state index in [1.807, 2.05) is 0 Å².